The smallest absolute Gasteiger partial charge is 0.412 e. The summed E-state index contributed by atoms with van der Waals surface area (Å²) in [6.07, 6.45) is 1.37. The molecule has 0 saturated heterocycles. The average Bonchev–Trinajstić information content (AvgIpc) is 2.83. The molecule has 6 heteroatoms. The third-order valence-electron chi connectivity index (χ3n) is 3.26. The molecule has 22 heavy (non-hydrogen) atoms. The van der Waals surface area contributed by atoms with Crippen molar-refractivity contribution in [3.05, 3.63) is 65.1 Å². The van der Waals surface area contributed by atoms with Crippen LogP contribution in [0.4, 0.5) is 10.5 Å². The van der Waals surface area contributed by atoms with Crippen molar-refractivity contribution >= 4 is 29.0 Å². The van der Waals surface area contributed by atoms with Crippen molar-refractivity contribution in [1.29, 1.82) is 0 Å². The van der Waals surface area contributed by atoms with Crippen LogP contribution < -0.4 is 5.32 Å². The number of pyridine rings is 1. The molecule has 3 aromatic rings. The number of nitrogens with zero attached hydrogens (tertiary/aromatic N) is 2. The van der Waals surface area contributed by atoms with Crippen LogP contribution in [0.5, 0.6) is 0 Å². The molecule has 0 unspecified atom stereocenters. The third-order valence-corrected chi connectivity index (χ3v) is 3.51. The Morgan fingerprint density at radius 3 is 2.82 bits per heavy atom. The van der Waals surface area contributed by atoms with Gasteiger partial charge < -0.3 is 9.14 Å². The largest absolute Gasteiger partial charge is 0.443 e. The molecule has 0 aliphatic heterocycles. The van der Waals surface area contributed by atoms with Gasteiger partial charge in [-0.15, -0.1) is 0 Å². The predicted octanol–water partition coefficient (Wildman–Crippen LogP) is 4.04. The van der Waals surface area contributed by atoms with Crippen LogP contribution in [-0.2, 0) is 11.3 Å². The first kappa shape index (κ1) is 14.4. The quantitative estimate of drug-likeness (QED) is 0.793. The molecule has 2 heterocycles. The molecule has 0 bridgehead atoms. The lowest BCUT2D eigenvalue weighted by atomic mass is 10.3. The summed E-state index contributed by atoms with van der Waals surface area (Å²) in [6.45, 7) is 2.04. The Bertz CT molecular complexity index is 812. The van der Waals surface area contributed by atoms with Crippen molar-refractivity contribution in [2.45, 2.75) is 13.5 Å². The van der Waals surface area contributed by atoms with E-state index >= 15 is 0 Å². The fraction of sp³-hybridized carbons (Fsp3) is 0.125. The molecule has 1 amide bonds. The summed E-state index contributed by atoms with van der Waals surface area (Å²) in [6, 6.07) is 12.6. The normalized spacial score (nSPS) is 10.6. The lowest BCUT2D eigenvalue weighted by Crippen LogP contribution is -2.14. The number of benzene rings is 1. The van der Waals surface area contributed by atoms with Crippen LogP contribution in [-0.4, -0.2) is 15.5 Å². The number of aryl methyl sites for hydroxylation is 1. The molecule has 0 atom stereocenters. The molecule has 0 radical (unpaired) electrons. The Labute approximate surface area is 132 Å². The van der Waals surface area contributed by atoms with Crippen molar-refractivity contribution in [3.8, 4) is 0 Å². The zero-order valence-electron chi connectivity index (χ0n) is 11.9. The summed E-state index contributed by atoms with van der Waals surface area (Å²) in [7, 11) is 0. The van der Waals surface area contributed by atoms with Gasteiger partial charge in [0.25, 0.3) is 0 Å². The van der Waals surface area contributed by atoms with E-state index in [0.29, 0.717) is 10.7 Å². The molecule has 0 aliphatic carbocycles. The summed E-state index contributed by atoms with van der Waals surface area (Å²) in [4.78, 5) is 16.3. The Kier molecular flexibility index (Phi) is 3.98. The number of imidazole rings is 1. The number of anilines is 1. The van der Waals surface area contributed by atoms with Gasteiger partial charge in [0.05, 0.1) is 11.4 Å². The van der Waals surface area contributed by atoms with E-state index in [2.05, 4.69) is 10.3 Å². The first-order chi connectivity index (χ1) is 10.6. The van der Waals surface area contributed by atoms with Crippen LogP contribution in [0.25, 0.3) is 5.65 Å². The minimum absolute atomic E-state index is 0.149. The highest BCUT2D eigenvalue weighted by Crippen LogP contribution is 2.15. The lowest BCUT2D eigenvalue weighted by molar-refractivity contribution is 0.153. The van der Waals surface area contributed by atoms with Crippen molar-refractivity contribution in [2.75, 3.05) is 5.32 Å². The fourth-order valence-corrected chi connectivity index (χ4v) is 2.29. The molecular formula is C16H14ClN3O2. The van der Waals surface area contributed by atoms with Gasteiger partial charge in [-0.05, 0) is 43.3 Å². The molecule has 2 aromatic heterocycles. The summed E-state index contributed by atoms with van der Waals surface area (Å²) in [5, 5.41) is 3.26. The van der Waals surface area contributed by atoms with Gasteiger partial charge in [-0.3, -0.25) is 5.32 Å². The Morgan fingerprint density at radius 1 is 1.27 bits per heavy atom. The molecule has 3 rings (SSSR count). The monoisotopic (exact) mass is 315 g/mol. The number of rotatable bonds is 3. The van der Waals surface area contributed by atoms with Crippen LogP contribution in [0.2, 0.25) is 5.02 Å². The zero-order chi connectivity index (χ0) is 15.5. The minimum atomic E-state index is -0.521. The summed E-state index contributed by atoms with van der Waals surface area (Å²) >= 11 is 5.80. The van der Waals surface area contributed by atoms with Crippen molar-refractivity contribution in [3.63, 3.8) is 0 Å². The first-order valence-corrected chi connectivity index (χ1v) is 7.13. The van der Waals surface area contributed by atoms with E-state index in [1.807, 2.05) is 35.7 Å². The van der Waals surface area contributed by atoms with E-state index in [1.54, 1.807) is 24.3 Å². The van der Waals surface area contributed by atoms with Crippen LogP contribution >= 0.6 is 11.6 Å². The second-order valence-electron chi connectivity index (χ2n) is 4.78. The highest BCUT2D eigenvalue weighted by atomic mass is 35.5. The minimum Gasteiger partial charge on any atom is -0.443 e. The summed E-state index contributed by atoms with van der Waals surface area (Å²) in [5.41, 5.74) is 3.15. The molecule has 0 aliphatic rings. The Balaban J connectivity index is 1.67. The van der Waals surface area contributed by atoms with E-state index in [4.69, 9.17) is 16.3 Å². The summed E-state index contributed by atoms with van der Waals surface area (Å²) < 4.78 is 7.17. The lowest BCUT2D eigenvalue weighted by Gasteiger charge is -2.07. The predicted molar refractivity (Wildman–Crippen MR) is 85.2 cm³/mol. The fourth-order valence-electron chi connectivity index (χ4n) is 2.16. The van der Waals surface area contributed by atoms with Gasteiger partial charge in [-0.1, -0.05) is 17.7 Å². The van der Waals surface area contributed by atoms with Gasteiger partial charge in [-0.25, -0.2) is 9.78 Å². The second-order valence-corrected chi connectivity index (χ2v) is 5.22. The molecular weight excluding hydrogens is 302 g/mol. The first-order valence-electron chi connectivity index (χ1n) is 6.75. The van der Waals surface area contributed by atoms with E-state index in [1.165, 1.54) is 0 Å². The number of nitrogens with one attached hydrogen (secondary N) is 1. The molecule has 0 spiro atoms. The zero-order valence-corrected chi connectivity index (χ0v) is 12.7. The van der Waals surface area contributed by atoms with Gasteiger partial charge in [-0.2, -0.15) is 0 Å². The number of ether oxygens (including phenoxy) is 1. The summed E-state index contributed by atoms with van der Waals surface area (Å²) in [5.74, 6) is 0. The SMILES string of the molecule is Cc1nc2ccccn2c1COC(=O)Nc1ccc(Cl)cc1. The van der Waals surface area contributed by atoms with Crippen LogP contribution in [0.15, 0.2) is 48.7 Å². The van der Waals surface area contributed by atoms with Gasteiger partial charge in [0.2, 0.25) is 0 Å². The maximum absolute atomic E-state index is 11.8. The number of aromatic nitrogens is 2. The number of hydrogen-bond donors (Lipinski definition) is 1. The van der Waals surface area contributed by atoms with Crippen LogP contribution in [0, 0.1) is 6.92 Å². The maximum Gasteiger partial charge on any atom is 0.412 e. The van der Waals surface area contributed by atoms with Crippen LogP contribution in [0.1, 0.15) is 11.4 Å². The standard InChI is InChI=1S/C16H14ClN3O2/c1-11-14(20-9-3-2-4-15(20)18-11)10-22-16(21)19-13-7-5-12(17)6-8-13/h2-9H,10H2,1H3,(H,19,21). The molecule has 1 aromatic carbocycles. The third kappa shape index (κ3) is 3.04. The number of hydrogen-bond acceptors (Lipinski definition) is 3. The molecule has 0 fully saturated rings. The molecule has 5 nitrogen and oxygen atoms in total. The second kappa shape index (κ2) is 6.07. The van der Waals surface area contributed by atoms with E-state index in [-0.39, 0.29) is 6.61 Å². The van der Waals surface area contributed by atoms with Gasteiger partial charge in [0.1, 0.15) is 12.3 Å². The van der Waals surface area contributed by atoms with Crippen molar-refractivity contribution < 1.29 is 9.53 Å². The Hall–Kier alpha value is -2.53. The van der Waals surface area contributed by atoms with Gasteiger partial charge in [0.15, 0.2) is 0 Å². The number of carbonyl (C=O) groups is 1. The van der Waals surface area contributed by atoms with Crippen molar-refractivity contribution in [2.24, 2.45) is 0 Å². The highest BCUT2D eigenvalue weighted by Gasteiger charge is 2.11. The highest BCUT2D eigenvalue weighted by molar-refractivity contribution is 6.30. The van der Waals surface area contributed by atoms with E-state index < -0.39 is 6.09 Å². The van der Waals surface area contributed by atoms with Gasteiger partial charge in [0, 0.05) is 16.9 Å². The van der Waals surface area contributed by atoms with E-state index in [9.17, 15) is 4.79 Å². The average molecular weight is 316 g/mol. The Morgan fingerprint density at radius 2 is 2.05 bits per heavy atom. The number of halogens is 1. The van der Waals surface area contributed by atoms with Crippen molar-refractivity contribution in [1.82, 2.24) is 9.38 Å². The topological polar surface area (TPSA) is 55.6 Å². The number of amides is 1. The molecule has 1 N–H and O–H groups in total. The maximum atomic E-state index is 11.8. The molecule has 0 saturated carbocycles. The number of fused-ring (bicyclic) bond motifs is 1. The molecule has 112 valence electrons. The number of carbonyl (C=O) groups excluding carboxylic acids is 1. The van der Waals surface area contributed by atoms with E-state index in [0.717, 1.165) is 17.0 Å². The van der Waals surface area contributed by atoms with Gasteiger partial charge >= 0.3 is 6.09 Å². The van der Waals surface area contributed by atoms with Crippen LogP contribution in [0.3, 0.4) is 0 Å².